The van der Waals surface area contributed by atoms with E-state index in [2.05, 4.69) is 38.0 Å². The van der Waals surface area contributed by atoms with E-state index in [1.165, 1.54) is 25.7 Å². The van der Waals surface area contributed by atoms with Gasteiger partial charge in [0.15, 0.2) is 0 Å². The Morgan fingerprint density at radius 3 is 2.67 bits per heavy atom. The van der Waals surface area contributed by atoms with Crippen LogP contribution in [0.15, 0.2) is 0 Å². The van der Waals surface area contributed by atoms with Crippen molar-refractivity contribution in [3.8, 4) is 0 Å². The lowest BCUT2D eigenvalue weighted by Crippen LogP contribution is -2.42. The van der Waals surface area contributed by atoms with E-state index in [-0.39, 0.29) is 0 Å². The molecule has 18 heavy (non-hydrogen) atoms. The molecule has 2 unspecified atom stereocenters. The summed E-state index contributed by atoms with van der Waals surface area (Å²) in [6.07, 6.45) is 5.28. The molecule has 0 bridgehead atoms. The van der Waals surface area contributed by atoms with E-state index in [9.17, 15) is 0 Å². The molecule has 1 N–H and O–H groups in total. The van der Waals surface area contributed by atoms with E-state index < -0.39 is 0 Å². The van der Waals surface area contributed by atoms with Gasteiger partial charge in [0.1, 0.15) is 0 Å². The number of nitrogens with zero attached hydrogens (tertiary/aromatic N) is 1. The van der Waals surface area contributed by atoms with E-state index in [0.717, 1.165) is 32.2 Å². The average molecular weight is 256 g/mol. The van der Waals surface area contributed by atoms with Gasteiger partial charge in [-0.15, -0.1) is 0 Å². The fourth-order valence-corrected chi connectivity index (χ4v) is 2.03. The molecule has 0 heterocycles. The fourth-order valence-electron chi connectivity index (χ4n) is 2.03. The third-order valence-electron chi connectivity index (χ3n) is 3.87. The quantitative estimate of drug-likeness (QED) is 0.575. The Bertz CT molecular complexity index is 207. The lowest BCUT2D eigenvalue weighted by atomic mass is 10.2. The molecule has 0 aromatic rings. The van der Waals surface area contributed by atoms with Crippen LogP contribution in [0.3, 0.4) is 0 Å². The van der Waals surface area contributed by atoms with Crippen LogP contribution in [0.5, 0.6) is 0 Å². The van der Waals surface area contributed by atoms with E-state index in [1.54, 1.807) is 0 Å². The summed E-state index contributed by atoms with van der Waals surface area (Å²) >= 11 is 0. The SMILES string of the molecule is CCCC(C)NCC(C)N(C)CCOCC1CC1. The molecule has 3 heteroatoms. The van der Waals surface area contributed by atoms with Gasteiger partial charge in [0.05, 0.1) is 6.61 Å². The van der Waals surface area contributed by atoms with Crippen molar-refractivity contribution in [3.63, 3.8) is 0 Å². The Morgan fingerprint density at radius 1 is 1.33 bits per heavy atom. The highest BCUT2D eigenvalue weighted by Crippen LogP contribution is 2.28. The van der Waals surface area contributed by atoms with E-state index in [0.29, 0.717) is 12.1 Å². The Hall–Kier alpha value is -0.120. The van der Waals surface area contributed by atoms with Gasteiger partial charge in [0.25, 0.3) is 0 Å². The zero-order chi connectivity index (χ0) is 13.4. The molecule has 0 amide bonds. The summed E-state index contributed by atoms with van der Waals surface area (Å²) in [5, 5.41) is 3.60. The highest BCUT2D eigenvalue weighted by atomic mass is 16.5. The Balaban J connectivity index is 1.98. The third kappa shape index (κ3) is 7.34. The summed E-state index contributed by atoms with van der Waals surface area (Å²) in [7, 11) is 2.19. The highest BCUT2D eigenvalue weighted by molar-refractivity contribution is 4.72. The maximum absolute atomic E-state index is 5.68. The first-order chi connectivity index (χ1) is 8.63. The zero-order valence-corrected chi connectivity index (χ0v) is 12.7. The molecule has 2 atom stereocenters. The molecule has 1 fully saturated rings. The summed E-state index contributed by atoms with van der Waals surface area (Å²) < 4.78 is 5.68. The molecule has 1 saturated carbocycles. The van der Waals surface area contributed by atoms with Gasteiger partial charge >= 0.3 is 0 Å². The second-order valence-corrected chi connectivity index (χ2v) is 5.95. The standard InChI is InChI=1S/C15H32N2O/c1-5-6-13(2)16-11-14(3)17(4)9-10-18-12-15-7-8-15/h13-16H,5-12H2,1-4H3. The van der Waals surface area contributed by atoms with Crippen LogP contribution in [0.2, 0.25) is 0 Å². The van der Waals surface area contributed by atoms with Crippen molar-refractivity contribution in [1.29, 1.82) is 0 Å². The first kappa shape index (κ1) is 15.9. The van der Waals surface area contributed by atoms with Crippen molar-refractivity contribution in [1.82, 2.24) is 10.2 Å². The number of hydrogen-bond acceptors (Lipinski definition) is 3. The second kappa shape index (κ2) is 8.89. The molecule has 0 spiro atoms. The normalized spacial score (nSPS) is 19.2. The zero-order valence-electron chi connectivity index (χ0n) is 12.7. The van der Waals surface area contributed by atoms with Gasteiger partial charge < -0.3 is 15.0 Å². The molecular weight excluding hydrogens is 224 g/mol. The van der Waals surface area contributed by atoms with E-state index >= 15 is 0 Å². The van der Waals surface area contributed by atoms with Crippen LogP contribution < -0.4 is 5.32 Å². The first-order valence-electron chi connectivity index (χ1n) is 7.64. The molecule has 1 rings (SSSR count). The van der Waals surface area contributed by atoms with Crippen LogP contribution in [-0.2, 0) is 4.74 Å². The average Bonchev–Trinajstić information content (AvgIpc) is 3.15. The van der Waals surface area contributed by atoms with E-state index in [4.69, 9.17) is 4.74 Å². The fraction of sp³-hybridized carbons (Fsp3) is 1.00. The number of nitrogens with one attached hydrogen (secondary N) is 1. The summed E-state index contributed by atoms with van der Waals surface area (Å²) in [6.45, 7) is 10.8. The summed E-state index contributed by atoms with van der Waals surface area (Å²) in [5.74, 6) is 0.879. The van der Waals surface area contributed by atoms with Gasteiger partial charge in [-0.2, -0.15) is 0 Å². The summed E-state index contributed by atoms with van der Waals surface area (Å²) in [6, 6.07) is 1.21. The molecule has 1 aliphatic carbocycles. The molecule has 1 aliphatic rings. The summed E-state index contributed by atoms with van der Waals surface area (Å²) in [4.78, 5) is 2.39. The predicted molar refractivity (Wildman–Crippen MR) is 78.0 cm³/mol. The van der Waals surface area contributed by atoms with Gasteiger partial charge in [0, 0.05) is 31.8 Å². The number of rotatable bonds is 11. The molecule has 0 aliphatic heterocycles. The van der Waals surface area contributed by atoms with Crippen molar-refractivity contribution >= 4 is 0 Å². The minimum atomic E-state index is 0.578. The number of ether oxygens (including phenoxy) is 1. The largest absolute Gasteiger partial charge is 0.380 e. The lowest BCUT2D eigenvalue weighted by Gasteiger charge is -2.26. The lowest BCUT2D eigenvalue weighted by molar-refractivity contribution is 0.0931. The van der Waals surface area contributed by atoms with Gasteiger partial charge in [-0.05, 0) is 46.1 Å². The van der Waals surface area contributed by atoms with Crippen LogP contribution in [0.1, 0.15) is 46.5 Å². The van der Waals surface area contributed by atoms with Gasteiger partial charge in [-0.25, -0.2) is 0 Å². The topological polar surface area (TPSA) is 24.5 Å². The van der Waals surface area contributed by atoms with Gasteiger partial charge in [0.2, 0.25) is 0 Å². The van der Waals surface area contributed by atoms with Gasteiger partial charge in [-0.1, -0.05) is 13.3 Å². The van der Waals surface area contributed by atoms with Crippen molar-refractivity contribution in [2.24, 2.45) is 5.92 Å². The smallest absolute Gasteiger partial charge is 0.0593 e. The Kier molecular flexibility index (Phi) is 7.87. The first-order valence-corrected chi connectivity index (χ1v) is 7.64. The molecular formula is C15H32N2O. The number of likely N-dealkylation sites (N-methyl/N-ethyl adjacent to an activating group) is 1. The van der Waals surface area contributed by atoms with Crippen LogP contribution in [0, 0.1) is 5.92 Å². The van der Waals surface area contributed by atoms with E-state index in [1.807, 2.05) is 0 Å². The maximum atomic E-state index is 5.68. The van der Waals surface area contributed by atoms with Crippen molar-refractivity contribution < 1.29 is 4.74 Å². The molecule has 0 aromatic heterocycles. The molecule has 0 radical (unpaired) electrons. The highest BCUT2D eigenvalue weighted by Gasteiger charge is 2.21. The van der Waals surface area contributed by atoms with Crippen LogP contribution in [0.25, 0.3) is 0 Å². The Labute approximate surface area is 113 Å². The summed E-state index contributed by atoms with van der Waals surface area (Å²) in [5.41, 5.74) is 0. The number of hydrogen-bond donors (Lipinski definition) is 1. The van der Waals surface area contributed by atoms with Gasteiger partial charge in [-0.3, -0.25) is 0 Å². The van der Waals surface area contributed by atoms with Crippen molar-refractivity contribution in [2.45, 2.75) is 58.5 Å². The minimum absolute atomic E-state index is 0.578. The molecule has 108 valence electrons. The second-order valence-electron chi connectivity index (χ2n) is 5.95. The monoisotopic (exact) mass is 256 g/mol. The molecule has 0 aromatic carbocycles. The predicted octanol–water partition coefficient (Wildman–Crippen LogP) is 2.51. The van der Waals surface area contributed by atoms with Crippen molar-refractivity contribution in [2.75, 3.05) is 33.4 Å². The van der Waals surface area contributed by atoms with Crippen LogP contribution in [-0.4, -0.2) is 50.3 Å². The maximum Gasteiger partial charge on any atom is 0.0593 e. The molecule has 0 saturated heterocycles. The minimum Gasteiger partial charge on any atom is -0.380 e. The van der Waals surface area contributed by atoms with Crippen LogP contribution in [0.4, 0.5) is 0 Å². The Morgan fingerprint density at radius 2 is 2.06 bits per heavy atom. The molecule has 3 nitrogen and oxygen atoms in total. The third-order valence-corrected chi connectivity index (χ3v) is 3.87. The van der Waals surface area contributed by atoms with Crippen molar-refractivity contribution in [3.05, 3.63) is 0 Å². The van der Waals surface area contributed by atoms with Crippen LogP contribution >= 0.6 is 0 Å².